The molecule has 1 aliphatic heterocycles. The van der Waals surface area contributed by atoms with Crippen LogP contribution in [0.1, 0.15) is 27.2 Å². The van der Waals surface area contributed by atoms with E-state index in [0.717, 1.165) is 5.69 Å². The molecule has 0 aliphatic carbocycles. The number of carbonyl (C=O) groups excluding carboxylic acids is 1. The van der Waals surface area contributed by atoms with Crippen molar-refractivity contribution >= 4 is 5.91 Å². The fourth-order valence-corrected chi connectivity index (χ4v) is 3.23. The number of hydrogen-bond donors (Lipinski definition) is 0. The summed E-state index contributed by atoms with van der Waals surface area (Å²) in [7, 11) is 0. The van der Waals surface area contributed by atoms with Crippen molar-refractivity contribution in [2.75, 3.05) is 6.54 Å². The van der Waals surface area contributed by atoms with E-state index < -0.39 is 5.82 Å². The molecule has 0 bridgehead atoms. The first-order valence-electron chi connectivity index (χ1n) is 9.00. The summed E-state index contributed by atoms with van der Waals surface area (Å²) < 4.78 is 35.3. The molecule has 0 fully saturated rings. The van der Waals surface area contributed by atoms with E-state index in [9.17, 15) is 13.6 Å². The van der Waals surface area contributed by atoms with Gasteiger partial charge in [-0.2, -0.15) is 0 Å². The van der Waals surface area contributed by atoms with E-state index in [2.05, 4.69) is 5.10 Å². The van der Waals surface area contributed by atoms with Crippen molar-refractivity contribution in [1.29, 1.82) is 0 Å². The van der Waals surface area contributed by atoms with E-state index in [0.29, 0.717) is 36.6 Å². The van der Waals surface area contributed by atoms with Gasteiger partial charge in [-0.3, -0.25) is 9.48 Å². The summed E-state index contributed by atoms with van der Waals surface area (Å²) in [6, 6.07) is 12.9. The molecule has 3 aromatic rings. The summed E-state index contributed by atoms with van der Waals surface area (Å²) in [4.78, 5) is 14.3. The Hall–Kier alpha value is -3.22. The molecule has 0 atom stereocenters. The Morgan fingerprint density at radius 1 is 1.14 bits per heavy atom. The monoisotopic (exact) mass is 383 g/mol. The van der Waals surface area contributed by atoms with Crippen LogP contribution in [0.2, 0.25) is 0 Å². The zero-order valence-corrected chi connectivity index (χ0v) is 15.4. The van der Waals surface area contributed by atoms with Crippen LogP contribution in [0.25, 0.3) is 0 Å². The van der Waals surface area contributed by atoms with E-state index in [1.807, 2.05) is 0 Å². The van der Waals surface area contributed by atoms with Crippen molar-refractivity contribution in [3.8, 4) is 5.88 Å². The van der Waals surface area contributed by atoms with Crippen LogP contribution in [-0.2, 0) is 19.7 Å². The third kappa shape index (κ3) is 3.47. The molecule has 1 aromatic heterocycles. The molecule has 144 valence electrons. The molecular formula is C21H19F2N3O2. The minimum atomic E-state index is -0.486. The van der Waals surface area contributed by atoms with Crippen LogP contribution in [-0.4, -0.2) is 27.1 Å². The fourth-order valence-electron chi connectivity index (χ4n) is 3.23. The minimum Gasteiger partial charge on any atom is -0.472 e. The molecule has 0 saturated carbocycles. The molecule has 7 heteroatoms. The number of benzene rings is 2. The lowest BCUT2D eigenvalue weighted by Gasteiger charge is -2.27. The molecule has 2 aromatic carbocycles. The maximum Gasteiger partial charge on any atom is 0.257 e. The second kappa shape index (κ2) is 7.42. The number of aromatic nitrogens is 2. The van der Waals surface area contributed by atoms with Crippen LogP contribution in [0.5, 0.6) is 5.88 Å². The highest BCUT2D eigenvalue weighted by Gasteiger charge is 2.25. The predicted molar refractivity (Wildman–Crippen MR) is 98.8 cm³/mol. The number of halogens is 2. The summed E-state index contributed by atoms with van der Waals surface area (Å²) in [6.07, 6.45) is 0. The van der Waals surface area contributed by atoms with Crippen molar-refractivity contribution in [1.82, 2.24) is 14.7 Å². The SMILES string of the molecule is Cc1cccc(C(=O)N2CCn3nc(OCc4ccccc4F)cc3C2)c1F. The topological polar surface area (TPSA) is 47.4 Å². The molecule has 0 radical (unpaired) electrons. The third-order valence-corrected chi connectivity index (χ3v) is 4.82. The predicted octanol–water partition coefficient (Wildman–Crippen LogP) is 3.70. The zero-order valence-electron chi connectivity index (χ0n) is 15.4. The van der Waals surface area contributed by atoms with Crippen LogP contribution >= 0.6 is 0 Å². The molecule has 0 saturated heterocycles. The van der Waals surface area contributed by atoms with Gasteiger partial charge in [-0.15, -0.1) is 5.10 Å². The maximum absolute atomic E-state index is 14.3. The fraction of sp³-hybridized carbons (Fsp3) is 0.238. The molecule has 0 N–H and O–H groups in total. The number of fused-ring (bicyclic) bond motifs is 1. The highest BCUT2D eigenvalue weighted by Crippen LogP contribution is 2.22. The van der Waals surface area contributed by atoms with Crippen molar-refractivity contribution < 1.29 is 18.3 Å². The number of hydrogen-bond acceptors (Lipinski definition) is 3. The van der Waals surface area contributed by atoms with Gasteiger partial charge in [-0.25, -0.2) is 8.78 Å². The van der Waals surface area contributed by atoms with Gasteiger partial charge in [0.1, 0.15) is 18.2 Å². The molecule has 0 unspecified atom stereocenters. The van der Waals surface area contributed by atoms with Crippen LogP contribution in [0, 0.1) is 18.6 Å². The summed E-state index contributed by atoms with van der Waals surface area (Å²) in [6.45, 7) is 2.92. The second-order valence-corrected chi connectivity index (χ2v) is 6.74. The van der Waals surface area contributed by atoms with Gasteiger partial charge in [-0.1, -0.05) is 30.3 Å². The zero-order chi connectivity index (χ0) is 19.7. The van der Waals surface area contributed by atoms with Gasteiger partial charge in [0.05, 0.1) is 24.3 Å². The maximum atomic E-state index is 14.3. The first-order chi connectivity index (χ1) is 13.5. The Balaban J connectivity index is 1.46. The van der Waals surface area contributed by atoms with Crippen LogP contribution in [0.4, 0.5) is 8.78 Å². The van der Waals surface area contributed by atoms with E-state index in [1.54, 1.807) is 52.9 Å². The number of amides is 1. The number of rotatable bonds is 4. The largest absolute Gasteiger partial charge is 0.472 e. The van der Waals surface area contributed by atoms with Gasteiger partial charge in [0.25, 0.3) is 5.91 Å². The van der Waals surface area contributed by atoms with Crippen molar-refractivity contribution in [3.05, 3.63) is 82.5 Å². The van der Waals surface area contributed by atoms with Gasteiger partial charge < -0.3 is 9.64 Å². The average molecular weight is 383 g/mol. The van der Waals surface area contributed by atoms with Gasteiger partial charge in [-0.05, 0) is 24.6 Å². The summed E-state index contributed by atoms with van der Waals surface area (Å²) in [5.74, 6) is -0.791. The van der Waals surface area contributed by atoms with Crippen LogP contribution in [0.3, 0.4) is 0 Å². The molecule has 4 rings (SSSR count). The summed E-state index contributed by atoms with van der Waals surface area (Å²) in [5, 5.41) is 4.35. The van der Waals surface area contributed by atoms with Crippen molar-refractivity contribution in [3.63, 3.8) is 0 Å². The Morgan fingerprint density at radius 3 is 2.79 bits per heavy atom. The molecule has 0 spiro atoms. The van der Waals surface area contributed by atoms with E-state index >= 15 is 0 Å². The van der Waals surface area contributed by atoms with Crippen molar-refractivity contribution in [2.45, 2.75) is 26.6 Å². The van der Waals surface area contributed by atoms with E-state index in [4.69, 9.17) is 4.74 Å². The number of ether oxygens (including phenoxy) is 1. The molecule has 5 nitrogen and oxygen atoms in total. The quantitative estimate of drug-likeness (QED) is 0.690. The second-order valence-electron chi connectivity index (χ2n) is 6.74. The lowest BCUT2D eigenvalue weighted by Crippen LogP contribution is -2.38. The number of aryl methyl sites for hydroxylation is 1. The Labute approximate surface area is 161 Å². The molecule has 1 amide bonds. The van der Waals surface area contributed by atoms with Crippen molar-refractivity contribution in [2.24, 2.45) is 0 Å². The molecule has 1 aliphatic rings. The highest BCUT2D eigenvalue weighted by atomic mass is 19.1. The molecule has 28 heavy (non-hydrogen) atoms. The minimum absolute atomic E-state index is 0.0697. The highest BCUT2D eigenvalue weighted by molar-refractivity contribution is 5.94. The normalized spacial score (nSPS) is 13.3. The lowest BCUT2D eigenvalue weighted by molar-refractivity contribution is 0.0701. The Morgan fingerprint density at radius 2 is 1.96 bits per heavy atom. The Bertz CT molecular complexity index is 1030. The number of nitrogens with zero attached hydrogens (tertiary/aromatic N) is 3. The standard InChI is InChI=1S/C21H19F2N3O2/c1-14-5-4-7-17(20(14)23)21(27)25-9-10-26-16(12-25)11-19(24-26)28-13-15-6-2-3-8-18(15)22/h2-8,11H,9-10,12-13H2,1H3. The van der Waals surface area contributed by atoms with Gasteiger partial charge in [0.2, 0.25) is 5.88 Å². The smallest absolute Gasteiger partial charge is 0.257 e. The first kappa shape index (κ1) is 18.2. The van der Waals surface area contributed by atoms with Gasteiger partial charge in [0.15, 0.2) is 0 Å². The van der Waals surface area contributed by atoms with Crippen LogP contribution < -0.4 is 4.74 Å². The van der Waals surface area contributed by atoms with Gasteiger partial charge >= 0.3 is 0 Å². The summed E-state index contributed by atoms with van der Waals surface area (Å²) in [5.41, 5.74) is 1.75. The summed E-state index contributed by atoms with van der Waals surface area (Å²) >= 11 is 0. The first-order valence-corrected chi connectivity index (χ1v) is 9.00. The molecular weight excluding hydrogens is 364 g/mol. The van der Waals surface area contributed by atoms with Gasteiger partial charge in [0, 0.05) is 18.2 Å². The third-order valence-electron chi connectivity index (χ3n) is 4.82. The molecule has 2 heterocycles. The Kier molecular flexibility index (Phi) is 4.81. The lowest BCUT2D eigenvalue weighted by atomic mass is 10.1. The van der Waals surface area contributed by atoms with E-state index in [1.165, 1.54) is 12.1 Å². The van der Waals surface area contributed by atoms with E-state index in [-0.39, 0.29) is 23.9 Å². The average Bonchev–Trinajstić information content (AvgIpc) is 3.11. The van der Waals surface area contributed by atoms with Crippen LogP contribution in [0.15, 0.2) is 48.5 Å². The number of carbonyl (C=O) groups is 1.